The van der Waals surface area contributed by atoms with Crippen LogP contribution in [0.4, 0.5) is 8.78 Å². The first-order chi connectivity index (χ1) is 15.0. The summed E-state index contributed by atoms with van der Waals surface area (Å²) in [4.78, 5) is 31.7. The lowest BCUT2D eigenvalue weighted by atomic mass is 10.1. The maximum atomic E-state index is 13.8. The van der Waals surface area contributed by atoms with Crippen LogP contribution in [0.25, 0.3) is 0 Å². The number of nitrogens with one attached hydrogen (secondary N) is 1. The number of rotatable bonds is 5. The molecule has 158 valence electrons. The number of benzene rings is 2. The molecule has 4 rings (SSSR count). The molecule has 2 atom stereocenters. The maximum Gasteiger partial charge on any atom is 0.255 e. The van der Waals surface area contributed by atoms with E-state index in [-0.39, 0.29) is 18.0 Å². The Hall–Kier alpha value is -3.26. The molecule has 3 aromatic rings. The number of hydrogen-bond acceptors (Lipinski definition) is 4. The molecule has 31 heavy (non-hydrogen) atoms. The largest absolute Gasteiger partial charge is 0.350 e. The molecule has 1 saturated heterocycles. The van der Waals surface area contributed by atoms with Gasteiger partial charge in [-0.25, -0.2) is 8.78 Å². The first kappa shape index (κ1) is 21.0. The monoisotopic (exact) mass is 439 g/mol. The van der Waals surface area contributed by atoms with Crippen LogP contribution in [0.15, 0.2) is 73.1 Å². The smallest absolute Gasteiger partial charge is 0.255 e. The van der Waals surface area contributed by atoms with Crippen LogP contribution in [0, 0.1) is 11.6 Å². The lowest BCUT2D eigenvalue weighted by Crippen LogP contribution is -2.47. The summed E-state index contributed by atoms with van der Waals surface area (Å²) in [6, 6.07) is 14.1. The number of carbonyl (C=O) groups excluding carboxylic acids is 2. The number of halogens is 2. The van der Waals surface area contributed by atoms with E-state index in [0.717, 1.165) is 11.6 Å². The molecule has 2 amide bonds. The molecule has 1 N–H and O–H groups in total. The number of amides is 2. The molecule has 1 aromatic heterocycles. The molecule has 1 aliphatic heterocycles. The Labute approximate surface area is 182 Å². The Bertz CT molecular complexity index is 1100. The van der Waals surface area contributed by atoms with Gasteiger partial charge in [-0.05, 0) is 47.5 Å². The minimum Gasteiger partial charge on any atom is -0.350 e. The normalized spacial score (nSPS) is 18.1. The quantitative estimate of drug-likeness (QED) is 0.654. The van der Waals surface area contributed by atoms with Crippen molar-refractivity contribution in [2.45, 2.75) is 18.0 Å². The van der Waals surface area contributed by atoms with E-state index in [1.807, 2.05) is 6.07 Å². The van der Waals surface area contributed by atoms with Gasteiger partial charge >= 0.3 is 0 Å². The van der Waals surface area contributed by atoms with Gasteiger partial charge in [-0.15, -0.1) is 11.8 Å². The molecule has 0 saturated carbocycles. The van der Waals surface area contributed by atoms with Crippen LogP contribution in [0.3, 0.4) is 0 Å². The fourth-order valence-corrected chi connectivity index (χ4v) is 4.87. The third-order valence-electron chi connectivity index (χ3n) is 4.93. The Morgan fingerprint density at radius 3 is 2.55 bits per heavy atom. The predicted octanol–water partition coefficient (Wildman–Crippen LogP) is 3.93. The number of nitrogens with zero attached hydrogens (tertiary/aromatic N) is 2. The van der Waals surface area contributed by atoms with Gasteiger partial charge in [0.2, 0.25) is 5.91 Å². The van der Waals surface area contributed by atoms with Gasteiger partial charge in [0.15, 0.2) is 0 Å². The minimum absolute atomic E-state index is 0.133. The average Bonchev–Trinajstić information content (AvgIpc) is 3.23. The zero-order chi connectivity index (χ0) is 21.8. The minimum atomic E-state index is -0.786. The highest BCUT2D eigenvalue weighted by Gasteiger charge is 2.42. The van der Waals surface area contributed by atoms with Crippen molar-refractivity contribution in [2.75, 3.05) is 5.75 Å². The second-order valence-corrected chi connectivity index (χ2v) is 8.17. The van der Waals surface area contributed by atoms with E-state index in [1.54, 1.807) is 30.6 Å². The van der Waals surface area contributed by atoms with Gasteiger partial charge in [0.1, 0.15) is 23.1 Å². The van der Waals surface area contributed by atoms with Gasteiger partial charge in [-0.1, -0.05) is 24.3 Å². The topological polar surface area (TPSA) is 62.3 Å². The van der Waals surface area contributed by atoms with Crippen molar-refractivity contribution < 1.29 is 18.4 Å². The summed E-state index contributed by atoms with van der Waals surface area (Å²) in [6.45, 7) is 0.264. The highest BCUT2D eigenvalue weighted by Crippen LogP contribution is 2.42. The summed E-state index contributed by atoms with van der Waals surface area (Å²) in [5, 5.41) is 2.27. The molecule has 2 aromatic carbocycles. The molecule has 2 heterocycles. The highest BCUT2D eigenvalue weighted by atomic mass is 32.2. The number of thioether (sulfide) groups is 1. The standard InChI is InChI=1S/C23H19F2N3O2S/c24-18-7-1-5-16(10-18)22(30)28-20(21(29)27-13-15-4-3-9-26-12-15)14-31-23(28)17-6-2-8-19(25)11-17/h1-12,20,23H,13-14H2,(H,27,29). The molecule has 0 radical (unpaired) electrons. The van der Waals surface area contributed by atoms with E-state index in [4.69, 9.17) is 0 Å². The lowest BCUT2D eigenvalue weighted by Gasteiger charge is -2.29. The Morgan fingerprint density at radius 2 is 1.84 bits per heavy atom. The maximum absolute atomic E-state index is 13.8. The fourth-order valence-electron chi connectivity index (χ4n) is 3.45. The molecule has 0 spiro atoms. The SMILES string of the molecule is O=C(NCc1cccnc1)C1CSC(c2cccc(F)c2)N1C(=O)c1cccc(F)c1. The van der Waals surface area contributed by atoms with Crippen molar-refractivity contribution in [3.63, 3.8) is 0 Å². The fraction of sp³-hybridized carbons (Fsp3) is 0.174. The van der Waals surface area contributed by atoms with Crippen LogP contribution >= 0.6 is 11.8 Å². The Morgan fingerprint density at radius 1 is 1.06 bits per heavy atom. The second kappa shape index (κ2) is 9.26. The number of carbonyl (C=O) groups is 2. The predicted molar refractivity (Wildman–Crippen MR) is 114 cm³/mol. The summed E-state index contributed by atoms with van der Waals surface area (Å²) >= 11 is 1.37. The Balaban J connectivity index is 1.62. The summed E-state index contributed by atoms with van der Waals surface area (Å²) in [5.41, 5.74) is 1.53. The Kier molecular flexibility index (Phi) is 6.27. The molecule has 2 unspecified atom stereocenters. The van der Waals surface area contributed by atoms with Gasteiger partial charge < -0.3 is 10.2 Å². The van der Waals surface area contributed by atoms with Gasteiger partial charge in [0, 0.05) is 30.3 Å². The van der Waals surface area contributed by atoms with Gasteiger partial charge in [0.05, 0.1) is 0 Å². The van der Waals surface area contributed by atoms with Crippen molar-refractivity contribution in [3.8, 4) is 0 Å². The van der Waals surface area contributed by atoms with Crippen molar-refractivity contribution in [3.05, 3.63) is 101 Å². The summed E-state index contributed by atoms with van der Waals surface area (Å²) < 4.78 is 27.6. The summed E-state index contributed by atoms with van der Waals surface area (Å²) in [5.74, 6) is -1.46. The molecule has 1 fully saturated rings. The van der Waals surface area contributed by atoms with Crippen LogP contribution in [0.1, 0.15) is 26.9 Å². The van der Waals surface area contributed by atoms with Crippen LogP contribution in [-0.2, 0) is 11.3 Å². The van der Waals surface area contributed by atoms with E-state index in [1.165, 1.54) is 47.0 Å². The molecular weight excluding hydrogens is 420 g/mol. The van der Waals surface area contributed by atoms with E-state index >= 15 is 0 Å². The zero-order valence-electron chi connectivity index (χ0n) is 16.4. The van der Waals surface area contributed by atoms with E-state index in [2.05, 4.69) is 10.3 Å². The molecule has 1 aliphatic rings. The molecule has 5 nitrogen and oxygen atoms in total. The summed E-state index contributed by atoms with van der Waals surface area (Å²) in [6.07, 6.45) is 3.29. The van der Waals surface area contributed by atoms with Gasteiger partial charge in [-0.3, -0.25) is 14.6 Å². The van der Waals surface area contributed by atoms with E-state index in [0.29, 0.717) is 11.3 Å². The van der Waals surface area contributed by atoms with Crippen molar-refractivity contribution >= 4 is 23.6 Å². The van der Waals surface area contributed by atoms with E-state index in [9.17, 15) is 18.4 Å². The van der Waals surface area contributed by atoms with Gasteiger partial charge in [-0.2, -0.15) is 0 Å². The van der Waals surface area contributed by atoms with Crippen molar-refractivity contribution in [1.29, 1.82) is 0 Å². The first-order valence-corrected chi connectivity index (χ1v) is 10.7. The van der Waals surface area contributed by atoms with Crippen molar-refractivity contribution in [2.24, 2.45) is 0 Å². The summed E-state index contributed by atoms with van der Waals surface area (Å²) in [7, 11) is 0. The third kappa shape index (κ3) is 4.74. The van der Waals surface area contributed by atoms with Crippen LogP contribution in [0.5, 0.6) is 0 Å². The van der Waals surface area contributed by atoms with Crippen LogP contribution < -0.4 is 5.32 Å². The molecule has 0 aliphatic carbocycles. The molecule has 8 heteroatoms. The highest BCUT2D eigenvalue weighted by molar-refractivity contribution is 7.99. The second-order valence-electron chi connectivity index (χ2n) is 7.06. The zero-order valence-corrected chi connectivity index (χ0v) is 17.2. The average molecular weight is 439 g/mol. The van der Waals surface area contributed by atoms with E-state index < -0.39 is 29.0 Å². The lowest BCUT2D eigenvalue weighted by molar-refractivity contribution is -0.125. The van der Waals surface area contributed by atoms with Crippen molar-refractivity contribution in [1.82, 2.24) is 15.2 Å². The number of hydrogen-bond donors (Lipinski definition) is 1. The van der Waals surface area contributed by atoms with Gasteiger partial charge in [0.25, 0.3) is 5.91 Å². The molecule has 0 bridgehead atoms. The third-order valence-corrected chi connectivity index (χ3v) is 6.26. The first-order valence-electron chi connectivity index (χ1n) is 9.65. The number of pyridine rings is 1. The number of aromatic nitrogens is 1. The molecular formula is C23H19F2N3O2S. The van der Waals surface area contributed by atoms with Crippen LogP contribution in [-0.4, -0.2) is 33.5 Å². The van der Waals surface area contributed by atoms with Crippen LogP contribution in [0.2, 0.25) is 0 Å².